The number of nitrogens with zero attached hydrogens (tertiary/aromatic N) is 1. The highest BCUT2D eigenvalue weighted by molar-refractivity contribution is 5.82. The van der Waals surface area contributed by atoms with Gasteiger partial charge >= 0.3 is 5.97 Å². The molecule has 2 heterocycles. The maximum atomic E-state index is 12.3. The van der Waals surface area contributed by atoms with Crippen LogP contribution in [0, 0.1) is 11.3 Å². The van der Waals surface area contributed by atoms with Crippen LogP contribution < -0.4 is 0 Å². The molecule has 1 N–H and O–H groups in total. The average molecular weight is 255 g/mol. The van der Waals surface area contributed by atoms with E-state index in [0.717, 1.165) is 12.8 Å². The summed E-state index contributed by atoms with van der Waals surface area (Å²) in [6.45, 7) is 4.12. The molecule has 0 spiro atoms. The van der Waals surface area contributed by atoms with Crippen LogP contribution >= 0.6 is 0 Å². The van der Waals surface area contributed by atoms with Gasteiger partial charge in [0.05, 0.1) is 5.41 Å². The summed E-state index contributed by atoms with van der Waals surface area (Å²) in [7, 11) is 0. The number of carbonyl (C=O) groups excluding carboxylic acids is 1. The van der Waals surface area contributed by atoms with Gasteiger partial charge in [-0.25, -0.2) is 0 Å². The number of hydrogen-bond acceptors (Lipinski definition) is 3. The first-order valence-electron chi connectivity index (χ1n) is 6.69. The van der Waals surface area contributed by atoms with Gasteiger partial charge in [-0.2, -0.15) is 0 Å². The summed E-state index contributed by atoms with van der Waals surface area (Å²) in [6, 6.07) is 0. The van der Waals surface area contributed by atoms with Crippen molar-refractivity contribution in [3.8, 4) is 0 Å². The van der Waals surface area contributed by atoms with Gasteiger partial charge < -0.3 is 14.7 Å². The van der Waals surface area contributed by atoms with Crippen molar-refractivity contribution in [1.29, 1.82) is 0 Å². The monoisotopic (exact) mass is 255 g/mol. The van der Waals surface area contributed by atoms with E-state index < -0.39 is 11.4 Å². The average Bonchev–Trinajstić information content (AvgIpc) is 2.84. The fourth-order valence-corrected chi connectivity index (χ4v) is 2.88. The van der Waals surface area contributed by atoms with Crippen molar-refractivity contribution in [1.82, 2.24) is 4.90 Å². The highest BCUT2D eigenvalue weighted by atomic mass is 16.5. The van der Waals surface area contributed by atoms with Crippen molar-refractivity contribution in [2.45, 2.75) is 32.6 Å². The molecule has 0 aromatic rings. The van der Waals surface area contributed by atoms with E-state index in [4.69, 9.17) is 4.74 Å². The van der Waals surface area contributed by atoms with Crippen molar-refractivity contribution >= 4 is 11.9 Å². The van der Waals surface area contributed by atoms with Crippen LogP contribution in [-0.2, 0) is 14.3 Å². The van der Waals surface area contributed by atoms with Crippen LogP contribution in [0.2, 0.25) is 0 Å². The molecule has 2 aliphatic rings. The van der Waals surface area contributed by atoms with Gasteiger partial charge in [0, 0.05) is 32.2 Å². The molecule has 5 heteroatoms. The first-order valence-corrected chi connectivity index (χ1v) is 6.69. The van der Waals surface area contributed by atoms with Crippen LogP contribution in [-0.4, -0.2) is 48.2 Å². The van der Waals surface area contributed by atoms with E-state index in [1.165, 1.54) is 0 Å². The summed E-state index contributed by atoms with van der Waals surface area (Å²) in [6.07, 6.45) is 2.69. The lowest BCUT2D eigenvalue weighted by molar-refractivity contribution is -0.149. The second kappa shape index (κ2) is 5.26. The van der Waals surface area contributed by atoms with E-state index in [0.29, 0.717) is 39.1 Å². The molecule has 0 radical (unpaired) electrons. The van der Waals surface area contributed by atoms with E-state index in [-0.39, 0.29) is 11.8 Å². The molecule has 0 aromatic heterocycles. The minimum absolute atomic E-state index is 0.0280. The van der Waals surface area contributed by atoms with Crippen LogP contribution in [0.3, 0.4) is 0 Å². The van der Waals surface area contributed by atoms with Crippen molar-refractivity contribution in [2.24, 2.45) is 11.3 Å². The minimum Gasteiger partial charge on any atom is -0.481 e. The summed E-state index contributed by atoms with van der Waals surface area (Å²) >= 11 is 0. The Balaban J connectivity index is 1.99. The van der Waals surface area contributed by atoms with Crippen molar-refractivity contribution < 1.29 is 19.4 Å². The number of carbonyl (C=O) groups is 2. The molecule has 2 fully saturated rings. The number of likely N-dealkylation sites (tertiary alicyclic amines) is 1. The predicted molar refractivity (Wildman–Crippen MR) is 65.1 cm³/mol. The Morgan fingerprint density at radius 2 is 2.06 bits per heavy atom. The number of aliphatic carboxylic acids is 1. The fraction of sp³-hybridized carbons (Fsp3) is 0.846. The normalized spacial score (nSPS) is 29.5. The highest BCUT2D eigenvalue weighted by Gasteiger charge is 2.45. The number of ether oxygens (including phenoxy) is 1. The second-order valence-electron chi connectivity index (χ2n) is 5.34. The first kappa shape index (κ1) is 13.3. The minimum atomic E-state index is -0.771. The van der Waals surface area contributed by atoms with Gasteiger partial charge in [-0.15, -0.1) is 0 Å². The zero-order chi connectivity index (χ0) is 13.2. The standard InChI is InChI=1S/C13H21NO4/c1-2-13(12(16)17)5-6-14(9-13)11(15)10-3-7-18-8-4-10/h10H,2-9H2,1H3,(H,16,17). The van der Waals surface area contributed by atoms with E-state index in [1.807, 2.05) is 6.92 Å². The van der Waals surface area contributed by atoms with E-state index in [1.54, 1.807) is 4.90 Å². The SMILES string of the molecule is CCC1(C(=O)O)CCN(C(=O)C2CCOCC2)C1. The van der Waals surface area contributed by atoms with Gasteiger partial charge in [0.25, 0.3) is 0 Å². The van der Waals surface area contributed by atoms with Gasteiger partial charge in [-0.3, -0.25) is 9.59 Å². The topological polar surface area (TPSA) is 66.8 Å². The third kappa shape index (κ3) is 2.36. The van der Waals surface area contributed by atoms with Crippen LogP contribution in [0.5, 0.6) is 0 Å². The zero-order valence-corrected chi connectivity index (χ0v) is 10.9. The zero-order valence-electron chi connectivity index (χ0n) is 10.9. The lowest BCUT2D eigenvalue weighted by Crippen LogP contribution is -2.40. The highest BCUT2D eigenvalue weighted by Crippen LogP contribution is 2.35. The largest absolute Gasteiger partial charge is 0.481 e. The van der Waals surface area contributed by atoms with Crippen molar-refractivity contribution in [2.75, 3.05) is 26.3 Å². The maximum absolute atomic E-state index is 12.3. The summed E-state index contributed by atoms with van der Waals surface area (Å²) in [5.41, 5.74) is -0.721. The van der Waals surface area contributed by atoms with Gasteiger partial charge in [-0.05, 0) is 25.7 Å². The summed E-state index contributed by atoms with van der Waals surface area (Å²) in [5.74, 6) is -0.623. The Bertz CT molecular complexity index is 338. The van der Waals surface area contributed by atoms with Crippen LogP contribution in [0.25, 0.3) is 0 Å². The Labute approximate surface area is 107 Å². The Morgan fingerprint density at radius 1 is 1.39 bits per heavy atom. The molecule has 1 atom stereocenters. The molecule has 2 rings (SSSR count). The Morgan fingerprint density at radius 3 is 2.56 bits per heavy atom. The van der Waals surface area contributed by atoms with E-state index >= 15 is 0 Å². The molecule has 18 heavy (non-hydrogen) atoms. The molecule has 0 aliphatic carbocycles. The van der Waals surface area contributed by atoms with Crippen LogP contribution in [0.1, 0.15) is 32.6 Å². The molecule has 2 saturated heterocycles. The van der Waals surface area contributed by atoms with Gasteiger partial charge in [0.15, 0.2) is 0 Å². The molecule has 1 amide bonds. The van der Waals surface area contributed by atoms with Gasteiger partial charge in [0.2, 0.25) is 5.91 Å². The van der Waals surface area contributed by atoms with Gasteiger partial charge in [0.1, 0.15) is 0 Å². The molecule has 2 aliphatic heterocycles. The number of amides is 1. The van der Waals surface area contributed by atoms with E-state index in [9.17, 15) is 14.7 Å². The van der Waals surface area contributed by atoms with Crippen molar-refractivity contribution in [3.05, 3.63) is 0 Å². The Kier molecular flexibility index (Phi) is 3.90. The van der Waals surface area contributed by atoms with Crippen LogP contribution in [0.4, 0.5) is 0 Å². The Hall–Kier alpha value is -1.10. The first-order chi connectivity index (χ1) is 8.59. The van der Waals surface area contributed by atoms with E-state index in [2.05, 4.69) is 0 Å². The lowest BCUT2D eigenvalue weighted by atomic mass is 9.84. The molecule has 102 valence electrons. The second-order valence-corrected chi connectivity index (χ2v) is 5.34. The third-order valence-electron chi connectivity index (χ3n) is 4.37. The van der Waals surface area contributed by atoms with Crippen molar-refractivity contribution in [3.63, 3.8) is 0 Å². The molecular weight excluding hydrogens is 234 g/mol. The van der Waals surface area contributed by atoms with Gasteiger partial charge in [-0.1, -0.05) is 6.92 Å². The third-order valence-corrected chi connectivity index (χ3v) is 4.37. The van der Waals surface area contributed by atoms with Crippen LogP contribution in [0.15, 0.2) is 0 Å². The molecule has 1 unspecified atom stereocenters. The maximum Gasteiger partial charge on any atom is 0.311 e. The molecule has 5 nitrogen and oxygen atoms in total. The molecule has 0 bridgehead atoms. The number of rotatable bonds is 3. The molecule has 0 aromatic carbocycles. The summed E-state index contributed by atoms with van der Waals surface area (Å²) < 4.78 is 5.25. The molecular formula is C13H21NO4. The fourth-order valence-electron chi connectivity index (χ4n) is 2.88. The summed E-state index contributed by atoms with van der Waals surface area (Å²) in [4.78, 5) is 25.4. The predicted octanol–water partition coefficient (Wildman–Crippen LogP) is 1.13. The number of carboxylic acids is 1. The quantitative estimate of drug-likeness (QED) is 0.821. The summed E-state index contributed by atoms with van der Waals surface area (Å²) in [5, 5.41) is 9.32. The lowest BCUT2D eigenvalue weighted by Gasteiger charge is -2.28. The number of carboxylic acid groups (broad SMARTS) is 1. The molecule has 0 saturated carbocycles. The number of hydrogen-bond donors (Lipinski definition) is 1. The smallest absolute Gasteiger partial charge is 0.311 e.